The van der Waals surface area contributed by atoms with Crippen LogP contribution in [0.4, 0.5) is 26.3 Å². The van der Waals surface area contributed by atoms with Crippen molar-refractivity contribution in [1.82, 2.24) is 38.2 Å². The number of rotatable bonds is 35. The molecular weight excluding hydrogens is 2010 g/mol. The van der Waals surface area contributed by atoms with E-state index in [9.17, 15) is 74.9 Å². The highest BCUT2D eigenvalue weighted by Gasteiger charge is 2.42. The number of halogens is 7. The zero-order chi connectivity index (χ0) is 109. The van der Waals surface area contributed by atoms with Crippen molar-refractivity contribution in [3.8, 4) is 35.4 Å². The van der Waals surface area contributed by atoms with Crippen molar-refractivity contribution in [2.75, 3.05) is 74.7 Å². The molecule has 0 bridgehead atoms. The number of nitrogens with zero attached hydrogens (tertiary/aromatic N) is 8. The molecule has 0 saturated carbocycles. The van der Waals surface area contributed by atoms with Gasteiger partial charge >= 0.3 is 23.9 Å². The average Bonchev–Trinajstić information content (AvgIpc) is 0.764. The number of pyridine rings is 8. The first-order chi connectivity index (χ1) is 68.1. The zero-order valence-corrected chi connectivity index (χ0v) is 93.8. The molecule has 146 heavy (non-hydrogen) atoms. The van der Waals surface area contributed by atoms with E-state index >= 15 is 0 Å². The molecule has 0 aliphatic heterocycles. The topological polar surface area (TPSA) is 341 Å². The molecule has 11 aromatic rings. The number of carbonyl (C=O) groups is 4. The fourth-order valence-electron chi connectivity index (χ4n) is 15.1. The molecule has 0 unspecified atom stereocenters. The number of hydrogen-bond acceptors (Lipinski definition) is 23. The summed E-state index contributed by atoms with van der Waals surface area (Å²) in [5.74, 6) is -1.16. The summed E-state index contributed by atoms with van der Waals surface area (Å²) >= 11 is 3.40. The Kier molecular flexibility index (Phi) is 41.2. The molecule has 0 aliphatic carbocycles. The first-order valence-corrected chi connectivity index (χ1v) is 58.0. The van der Waals surface area contributed by atoms with Gasteiger partial charge in [-0.15, -0.1) is 0 Å². The van der Waals surface area contributed by atoms with Crippen LogP contribution in [-0.2, 0) is 53.2 Å². The van der Waals surface area contributed by atoms with Crippen molar-refractivity contribution in [2.45, 2.75) is 243 Å². The number of aliphatic hydroxyl groups excluding tert-OH is 1. The summed E-state index contributed by atoms with van der Waals surface area (Å²) in [6.45, 7) is 55.0. The number of hydrogen-bond donors (Lipinski definition) is 2. The van der Waals surface area contributed by atoms with E-state index in [0.717, 1.165) is 30.3 Å². The van der Waals surface area contributed by atoms with E-state index in [2.05, 4.69) is 172 Å². The second-order valence-electron chi connectivity index (χ2n) is 41.4. The van der Waals surface area contributed by atoms with Crippen LogP contribution >= 0.6 is 15.9 Å². The van der Waals surface area contributed by atoms with E-state index in [4.69, 9.17) is 51.4 Å². The van der Waals surface area contributed by atoms with Crippen LogP contribution in [0.1, 0.15) is 237 Å². The van der Waals surface area contributed by atoms with Gasteiger partial charge in [0.2, 0.25) is 45.2 Å². The van der Waals surface area contributed by atoms with E-state index in [1.165, 1.54) is 88.0 Å². The highest BCUT2D eigenvalue weighted by atomic mass is 79.9. The van der Waals surface area contributed by atoms with E-state index < -0.39 is 117 Å². The first kappa shape index (κ1) is 120. The quantitative estimate of drug-likeness (QED) is 0.0122. The molecule has 8 heterocycles. The molecule has 0 amide bonds. The van der Waals surface area contributed by atoms with Gasteiger partial charge in [0.15, 0.2) is 25.0 Å². The Labute approximate surface area is 860 Å². The molecule has 0 spiro atoms. The summed E-state index contributed by atoms with van der Waals surface area (Å²) in [7, 11) is -0.460. The summed E-state index contributed by atoms with van der Waals surface area (Å²) in [5, 5.41) is 20.2. The van der Waals surface area contributed by atoms with Crippen LogP contribution in [0, 0.1) is 70.4 Å². The fraction of sp³-hybridized carbons (Fsp3) is 0.481. The summed E-state index contributed by atoms with van der Waals surface area (Å²) in [6, 6.07) is 14.8. The number of methoxy groups -OCH3 is 4. The van der Waals surface area contributed by atoms with Crippen molar-refractivity contribution in [3.05, 3.63) is 240 Å². The third kappa shape index (κ3) is 28.6. The standard InChI is InChI=1S/C31H42F2N2O5Si.C31H38F2N2O5Si.C23H35BrN2O5Si.C23H24F2N2O5/c2*1-10-39-30(37)24-17-35(26(19(2)3)18-40-41(8,9)31(4,5)6)28-23(27(24)36)15-21(29(34-28)38-7)12-11-20-13-14-22(32)16-25(20)33;1-10-30-22(28)16-12-26(18(14(2)3)13-31-32(8,9)23(4,5)6)20-15(19(16)27)11-17(24)21(25-20)29-7;1-12(2)19(11-28)27-10-17(23(30)31)20(29)16-8-14(22(32-3)26-21(16)27)5-4-13-6-7-15(24)9-18(13)25/h13-17,19,26H,10-12,18H2,1-9H3;13-17,19,26H,10,18H2,1-9H3;11-12,14,18H,10,13H2,1-9H3;6-10,12,19,28H,4-5,11H2,1-3H3,(H,30,31)/t2*26-;18-;19-/m1111/s1. The molecule has 8 aromatic heterocycles. The predicted molar refractivity (Wildman–Crippen MR) is 565 cm³/mol. The number of fused-ring (bicyclic) bond motifs is 4. The highest BCUT2D eigenvalue weighted by Crippen LogP contribution is 2.43. The number of aryl methyl sites for hydroxylation is 4. The number of aromatic nitrogens is 8. The minimum atomic E-state index is -2.14. The van der Waals surface area contributed by atoms with Crippen LogP contribution in [0.3, 0.4) is 0 Å². The number of benzene rings is 3. The van der Waals surface area contributed by atoms with Gasteiger partial charge in [-0.05, 0) is 200 Å². The lowest BCUT2D eigenvalue weighted by molar-refractivity contribution is 0.0514. The van der Waals surface area contributed by atoms with Crippen molar-refractivity contribution in [3.63, 3.8) is 0 Å². The maximum Gasteiger partial charge on any atom is 0.343 e. The van der Waals surface area contributed by atoms with Crippen LogP contribution < -0.4 is 40.7 Å². The Morgan fingerprint density at radius 2 is 0.664 bits per heavy atom. The Balaban J connectivity index is 0.000000239. The van der Waals surface area contributed by atoms with Gasteiger partial charge in [-0.2, -0.15) is 19.9 Å². The lowest BCUT2D eigenvalue weighted by atomic mass is 10.0. The smallest absolute Gasteiger partial charge is 0.343 e. The van der Waals surface area contributed by atoms with Crippen LogP contribution in [0.25, 0.3) is 44.1 Å². The van der Waals surface area contributed by atoms with Crippen molar-refractivity contribution in [1.29, 1.82) is 0 Å². The molecule has 792 valence electrons. The Morgan fingerprint density at radius 3 is 0.966 bits per heavy atom. The van der Waals surface area contributed by atoms with Gasteiger partial charge < -0.3 is 74.9 Å². The molecule has 3 aromatic carbocycles. The molecule has 38 heteroatoms. The van der Waals surface area contributed by atoms with E-state index in [-0.39, 0.29) is 187 Å². The van der Waals surface area contributed by atoms with E-state index in [0.29, 0.717) is 63.5 Å². The Bertz CT molecular complexity index is 6920. The van der Waals surface area contributed by atoms with Crippen LogP contribution in [0.15, 0.2) is 127 Å². The lowest BCUT2D eigenvalue weighted by Crippen LogP contribution is -2.42. The number of aliphatic hydroxyl groups is 1. The molecule has 0 fully saturated rings. The molecule has 0 aliphatic rings. The van der Waals surface area contributed by atoms with Gasteiger partial charge in [0.05, 0.1) is 136 Å². The van der Waals surface area contributed by atoms with Gasteiger partial charge in [0.1, 0.15) is 79.7 Å². The summed E-state index contributed by atoms with van der Waals surface area (Å²) in [5.41, 5.74) is 0.162. The number of carbonyl (C=O) groups excluding carboxylic acids is 3. The molecular formula is C108H139BrF6N8O20Si3. The van der Waals surface area contributed by atoms with Crippen LogP contribution in [0.5, 0.6) is 23.5 Å². The van der Waals surface area contributed by atoms with Crippen molar-refractivity contribution in [2.24, 2.45) is 23.7 Å². The third-order valence-corrected chi connectivity index (χ3v) is 41.1. The molecule has 0 radical (unpaired) electrons. The van der Waals surface area contributed by atoms with Crippen LogP contribution in [-0.4, -0.2) is 172 Å². The van der Waals surface area contributed by atoms with E-state index in [1.807, 2.05) is 36.8 Å². The molecule has 0 saturated heterocycles. The molecule has 4 atom stereocenters. The molecule has 11 rings (SSSR count). The minimum Gasteiger partial charge on any atom is -0.481 e. The first-order valence-electron chi connectivity index (χ1n) is 48.4. The minimum absolute atomic E-state index is 0.00337. The van der Waals surface area contributed by atoms with Crippen molar-refractivity contribution >= 4 is 109 Å². The summed E-state index contributed by atoms with van der Waals surface area (Å²) in [6.07, 6.45) is 6.66. The zero-order valence-electron chi connectivity index (χ0n) is 89.2. The van der Waals surface area contributed by atoms with Gasteiger partial charge in [-0.25, -0.2) is 45.5 Å². The monoisotopic (exact) mass is 2140 g/mol. The number of carboxylic acid groups (broad SMARTS) is 1. The number of carboxylic acids is 1. The van der Waals surface area contributed by atoms with Gasteiger partial charge in [-0.1, -0.05) is 142 Å². The average molecular weight is 2150 g/mol. The second-order valence-corrected chi connectivity index (χ2v) is 56.7. The predicted octanol–water partition coefficient (Wildman–Crippen LogP) is 22.3. The molecule has 2 N–H and O–H groups in total. The normalized spacial score (nSPS) is 12.9. The second kappa shape index (κ2) is 50.3. The summed E-state index contributed by atoms with van der Waals surface area (Å²) < 4.78 is 147. The van der Waals surface area contributed by atoms with Gasteiger partial charge in [-0.3, -0.25) is 19.2 Å². The summed E-state index contributed by atoms with van der Waals surface area (Å²) in [4.78, 5) is 122. The lowest BCUT2D eigenvalue weighted by Gasteiger charge is -2.38. The third-order valence-electron chi connectivity index (χ3n) is 27.1. The van der Waals surface area contributed by atoms with Crippen molar-refractivity contribution < 1.29 is 102 Å². The maximum absolute atomic E-state index is 14.3. The van der Waals surface area contributed by atoms with E-state index in [1.54, 1.807) is 43.7 Å². The Morgan fingerprint density at radius 1 is 0.384 bits per heavy atom. The molecule has 28 nitrogen and oxygen atoms in total. The van der Waals surface area contributed by atoms with Crippen LogP contribution in [0.2, 0.25) is 54.4 Å². The number of aromatic carboxylic acids is 1. The Hall–Kier alpha value is -11.7. The SMILES string of the molecule is CCOC(=O)c1cn([C@H](CO[Si](C)(C)C(C)(C)C)C(C)C)c2nc(OC)c(Br)cc2c1=O.CCOC(=O)c1cn([C@H](CO[Si](C)(C)C(C)(C)C)C(C)C)c2nc(OC)c(C#Cc3ccc(F)cc3F)cc2c1=O.CCOC(=O)c1cn([C@H](CO[Si](C)(C)C(C)(C)C)C(C)C)c2nc(OC)c(CCc3ccc(F)cc3F)cc2c1=O.COc1nc2c(cc1CCc1ccc(F)cc1F)c(=O)c(C(=O)O)cn2[C@H](CO)C(C)C. The number of esters is 3. The van der Waals surface area contributed by atoms with Gasteiger partial charge in [0, 0.05) is 54.1 Å². The fourth-order valence-corrected chi connectivity index (χ4v) is 18.6. The highest BCUT2D eigenvalue weighted by molar-refractivity contribution is 9.10. The van der Waals surface area contributed by atoms with Gasteiger partial charge in [0.25, 0.3) is 0 Å². The largest absolute Gasteiger partial charge is 0.481 e. The number of ether oxygens (including phenoxy) is 7. The maximum atomic E-state index is 14.3.